The smallest absolute Gasteiger partial charge is 0.507 e. The number of ketones is 1. The summed E-state index contributed by atoms with van der Waals surface area (Å²) in [6.07, 6.45) is -3.35. The number of hydrogen-bond donors (Lipinski definition) is 1. The summed E-state index contributed by atoms with van der Waals surface area (Å²) in [6, 6.07) is 15.2. The van der Waals surface area contributed by atoms with E-state index in [9.17, 15) is 27.9 Å². The Morgan fingerprint density at radius 3 is 2.50 bits per heavy atom. The summed E-state index contributed by atoms with van der Waals surface area (Å²) in [4.78, 5) is 27.8. The van der Waals surface area contributed by atoms with Gasteiger partial charge in [0, 0.05) is 11.3 Å². The second kappa shape index (κ2) is 9.77. The number of fused-ring (bicyclic) bond motifs is 1. The molecule has 0 aromatic heterocycles. The van der Waals surface area contributed by atoms with Crippen LogP contribution in [0.5, 0.6) is 17.2 Å². The summed E-state index contributed by atoms with van der Waals surface area (Å²) in [7, 11) is 1.46. The number of anilines is 1. The number of hydrogen-bond acceptors (Lipinski definition) is 6. The van der Waals surface area contributed by atoms with Crippen molar-refractivity contribution in [3.8, 4) is 17.2 Å². The van der Waals surface area contributed by atoms with Crippen LogP contribution < -0.4 is 19.1 Å². The lowest BCUT2D eigenvalue weighted by molar-refractivity contribution is -0.274. The van der Waals surface area contributed by atoms with E-state index in [1.54, 1.807) is 42.5 Å². The average molecular weight is 525 g/mol. The van der Waals surface area contributed by atoms with Crippen LogP contribution in [-0.4, -0.2) is 36.9 Å². The van der Waals surface area contributed by atoms with E-state index in [0.29, 0.717) is 29.2 Å². The van der Waals surface area contributed by atoms with E-state index in [2.05, 4.69) is 4.74 Å². The minimum Gasteiger partial charge on any atom is -0.507 e. The van der Waals surface area contributed by atoms with Crippen LogP contribution in [0.3, 0.4) is 0 Å². The van der Waals surface area contributed by atoms with Gasteiger partial charge in [0.25, 0.3) is 11.7 Å². The van der Waals surface area contributed by atoms with Crippen molar-refractivity contribution in [3.05, 3.63) is 89.0 Å². The number of aliphatic hydroxyl groups excluding tert-OH is 1. The Morgan fingerprint density at radius 1 is 1.03 bits per heavy atom. The number of alkyl halides is 3. The first kappa shape index (κ1) is 25.2. The van der Waals surface area contributed by atoms with Crippen molar-refractivity contribution < 1.29 is 42.1 Å². The SMILES string of the molecule is COc1cccc(C2/C(=C(/O)c3ccc4c(c3)CCCO4)C(=O)C(=O)N2c2ccc(OC(F)(F)F)cc2)c1. The van der Waals surface area contributed by atoms with Crippen molar-refractivity contribution >= 4 is 23.1 Å². The Balaban J connectivity index is 1.64. The maximum absolute atomic E-state index is 13.3. The number of carbonyl (C=O) groups is 2. The summed E-state index contributed by atoms with van der Waals surface area (Å²) in [5.74, 6) is -1.58. The first-order valence-electron chi connectivity index (χ1n) is 11.7. The van der Waals surface area contributed by atoms with Gasteiger partial charge in [-0.3, -0.25) is 14.5 Å². The molecule has 0 radical (unpaired) electrons. The molecule has 1 unspecified atom stereocenters. The number of benzene rings is 3. The zero-order valence-corrected chi connectivity index (χ0v) is 20.1. The largest absolute Gasteiger partial charge is 0.573 e. The molecule has 0 spiro atoms. The van der Waals surface area contributed by atoms with Crippen molar-refractivity contribution in [1.29, 1.82) is 0 Å². The number of carbonyl (C=O) groups excluding carboxylic acids is 2. The normalized spacial score (nSPS) is 18.6. The molecule has 196 valence electrons. The molecular formula is C28H22F3NO6. The van der Waals surface area contributed by atoms with Crippen molar-refractivity contribution in [3.63, 3.8) is 0 Å². The molecule has 2 aliphatic rings. The number of halogens is 3. The molecule has 5 rings (SSSR count). The fourth-order valence-corrected chi connectivity index (χ4v) is 4.70. The summed E-state index contributed by atoms with van der Waals surface area (Å²) in [5, 5.41) is 11.4. The molecule has 1 amide bonds. The van der Waals surface area contributed by atoms with Crippen molar-refractivity contribution in [2.24, 2.45) is 0 Å². The van der Waals surface area contributed by atoms with Crippen LogP contribution in [0, 0.1) is 0 Å². The maximum atomic E-state index is 13.3. The first-order valence-corrected chi connectivity index (χ1v) is 11.7. The summed E-state index contributed by atoms with van der Waals surface area (Å²) in [5.41, 5.74) is 1.66. The fourth-order valence-electron chi connectivity index (χ4n) is 4.70. The average Bonchev–Trinajstić information content (AvgIpc) is 3.17. The zero-order chi connectivity index (χ0) is 27.0. The molecule has 1 atom stereocenters. The third-order valence-corrected chi connectivity index (χ3v) is 6.38. The van der Waals surface area contributed by atoms with E-state index >= 15 is 0 Å². The molecule has 3 aromatic carbocycles. The summed E-state index contributed by atoms with van der Waals surface area (Å²) >= 11 is 0. The van der Waals surface area contributed by atoms with Crippen LogP contribution in [0.2, 0.25) is 0 Å². The Bertz CT molecular complexity index is 1430. The maximum Gasteiger partial charge on any atom is 0.573 e. The van der Waals surface area contributed by atoms with Gasteiger partial charge < -0.3 is 19.3 Å². The van der Waals surface area contributed by atoms with Crippen LogP contribution in [0.1, 0.15) is 29.2 Å². The highest BCUT2D eigenvalue weighted by molar-refractivity contribution is 6.51. The van der Waals surface area contributed by atoms with E-state index in [1.807, 2.05) is 0 Å². The molecule has 0 aliphatic carbocycles. The lowest BCUT2D eigenvalue weighted by Crippen LogP contribution is -2.29. The standard InChI is InChI=1S/C28H22F3NO6/c1-36-21-6-2-4-17(15-21)24-23(25(33)18-7-12-22-16(14-18)5-3-13-37-22)26(34)27(35)32(24)19-8-10-20(11-9-19)38-28(29,30)31/h2,4,6-12,14-15,24,33H,3,5,13H2,1H3/b25-23-. The monoisotopic (exact) mass is 525 g/mol. The minimum atomic E-state index is -4.88. The summed E-state index contributed by atoms with van der Waals surface area (Å²) in [6.45, 7) is 0.589. The van der Waals surface area contributed by atoms with Crippen LogP contribution in [-0.2, 0) is 16.0 Å². The van der Waals surface area contributed by atoms with E-state index in [0.717, 1.165) is 35.4 Å². The number of nitrogens with zero attached hydrogens (tertiary/aromatic N) is 1. The molecule has 1 saturated heterocycles. The zero-order valence-electron chi connectivity index (χ0n) is 20.1. The van der Waals surface area contributed by atoms with Crippen LogP contribution in [0.25, 0.3) is 5.76 Å². The highest BCUT2D eigenvalue weighted by atomic mass is 19.4. The Kier molecular flexibility index (Phi) is 6.48. The molecule has 2 heterocycles. The minimum absolute atomic E-state index is 0.146. The molecule has 1 N–H and O–H groups in total. The molecule has 38 heavy (non-hydrogen) atoms. The van der Waals surface area contributed by atoms with E-state index in [1.165, 1.54) is 19.2 Å². The predicted molar refractivity (Wildman–Crippen MR) is 131 cm³/mol. The molecule has 2 aliphatic heterocycles. The van der Waals surface area contributed by atoms with Crippen LogP contribution >= 0.6 is 0 Å². The lowest BCUT2D eigenvalue weighted by atomic mass is 9.93. The number of Topliss-reactive ketones (excluding diaryl/α,β-unsaturated/α-hetero) is 1. The molecule has 10 heteroatoms. The third-order valence-electron chi connectivity index (χ3n) is 6.38. The second-order valence-corrected chi connectivity index (χ2v) is 8.76. The number of aryl methyl sites for hydroxylation is 1. The first-order chi connectivity index (χ1) is 18.2. The Labute approximate surface area is 215 Å². The molecule has 3 aromatic rings. The fraction of sp³-hybridized carbons (Fsp3) is 0.214. The third kappa shape index (κ3) is 4.77. The van der Waals surface area contributed by atoms with Gasteiger partial charge >= 0.3 is 6.36 Å². The van der Waals surface area contributed by atoms with Gasteiger partial charge in [-0.1, -0.05) is 12.1 Å². The van der Waals surface area contributed by atoms with Crippen LogP contribution in [0.15, 0.2) is 72.3 Å². The van der Waals surface area contributed by atoms with E-state index in [4.69, 9.17) is 9.47 Å². The quantitative estimate of drug-likeness (QED) is 0.267. The van der Waals surface area contributed by atoms with Gasteiger partial charge in [-0.2, -0.15) is 0 Å². The number of aliphatic hydroxyl groups is 1. The number of amides is 1. The van der Waals surface area contributed by atoms with Crippen molar-refractivity contribution in [2.45, 2.75) is 25.2 Å². The van der Waals surface area contributed by atoms with Crippen molar-refractivity contribution in [2.75, 3.05) is 18.6 Å². The molecule has 0 bridgehead atoms. The van der Waals surface area contributed by atoms with Crippen LogP contribution in [0.4, 0.5) is 18.9 Å². The van der Waals surface area contributed by atoms with Gasteiger partial charge in [-0.05, 0) is 78.6 Å². The molecule has 0 saturated carbocycles. The topological polar surface area (TPSA) is 85.3 Å². The van der Waals surface area contributed by atoms with Gasteiger partial charge in [-0.25, -0.2) is 0 Å². The van der Waals surface area contributed by atoms with E-state index in [-0.39, 0.29) is 17.0 Å². The number of methoxy groups -OCH3 is 1. The van der Waals surface area contributed by atoms with Gasteiger partial charge in [0.1, 0.15) is 23.0 Å². The van der Waals surface area contributed by atoms with Gasteiger partial charge in [0.15, 0.2) is 0 Å². The van der Waals surface area contributed by atoms with Gasteiger partial charge in [0.05, 0.1) is 25.3 Å². The van der Waals surface area contributed by atoms with Gasteiger partial charge in [0.2, 0.25) is 0 Å². The Hall–Kier alpha value is -4.47. The molecule has 1 fully saturated rings. The predicted octanol–water partition coefficient (Wildman–Crippen LogP) is 5.55. The number of rotatable bonds is 5. The van der Waals surface area contributed by atoms with E-state index < -0.39 is 29.8 Å². The second-order valence-electron chi connectivity index (χ2n) is 8.76. The molecular weight excluding hydrogens is 503 g/mol. The number of ether oxygens (including phenoxy) is 3. The summed E-state index contributed by atoms with van der Waals surface area (Å²) < 4.78 is 52.8. The highest BCUT2D eigenvalue weighted by Gasteiger charge is 2.47. The molecule has 7 nitrogen and oxygen atoms in total. The van der Waals surface area contributed by atoms with Crippen molar-refractivity contribution in [1.82, 2.24) is 0 Å². The van der Waals surface area contributed by atoms with Gasteiger partial charge in [-0.15, -0.1) is 13.2 Å². The Morgan fingerprint density at radius 2 is 1.79 bits per heavy atom. The lowest BCUT2D eigenvalue weighted by Gasteiger charge is -2.26. The highest BCUT2D eigenvalue weighted by Crippen LogP contribution is 2.43.